The Hall–Kier alpha value is -2.00. The molecule has 2 rings (SSSR count). The minimum Gasteiger partial charge on any atom is -0.481 e. The molecule has 0 aliphatic carbocycles. The highest BCUT2D eigenvalue weighted by Gasteiger charge is 2.40. The van der Waals surface area contributed by atoms with Gasteiger partial charge in [-0.15, -0.1) is 0 Å². The standard InChI is InChI=1S/C12H14N2O6S/c1-8-6-13(7-11(8)12(15)16)21(19,20)10-4-2-3-9(5-10)14(17)18/h2-5,8,11H,6-7H2,1H3,(H,15,16). The molecule has 8 nitrogen and oxygen atoms in total. The van der Waals surface area contributed by atoms with Crippen molar-refractivity contribution < 1.29 is 23.2 Å². The number of carbonyl (C=O) groups is 1. The van der Waals surface area contributed by atoms with E-state index in [1.807, 2.05) is 0 Å². The molecule has 2 atom stereocenters. The van der Waals surface area contributed by atoms with Crippen LogP contribution >= 0.6 is 0 Å². The van der Waals surface area contributed by atoms with Crippen LogP contribution in [0, 0.1) is 22.0 Å². The van der Waals surface area contributed by atoms with E-state index in [1.54, 1.807) is 6.92 Å². The molecule has 0 amide bonds. The first-order chi connectivity index (χ1) is 9.73. The molecule has 0 radical (unpaired) electrons. The van der Waals surface area contributed by atoms with E-state index < -0.39 is 26.8 Å². The summed E-state index contributed by atoms with van der Waals surface area (Å²) in [5.74, 6) is -2.12. The van der Waals surface area contributed by atoms with Crippen LogP contribution in [0.1, 0.15) is 6.92 Å². The van der Waals surface area contributed by atoms with Crippen LogP contribution in [0.4, 0.5) is 5.69 Å². The summed E-state index contributed by atoms with van der Waals surface area (Å²) in [4.78, 5) is 20.9. The lowest BCUT2D eigenvalue weighted by Gasteiger charge is -2.15. The number of aliphatic carboxylic acids is 1. The van der Waals surface area contributed by atoms with Gasteiger partial charge in [0.1, 0.15) is 0 Å². The Morgan fingerprint density at radius 1 is 1.43 bits per heavy atom. The van der Waals surface area contributed by atoms with E-state index >= 15 is 0 Å². The second-order valence-electron chi connectivity index (χ2n) is 5.00. The van der Waals surface area contributed by atoms with E-state index in [2.05, 4.69) is 0 Å². The zero-order valence-electron chi connectivity index (χ0n) is 11.2. The molecule has 0 saturated carbocycles. The monoisotopic (exact) mass is 314 g/mol. The summed E-state index contributed by atoms with van der Waals surface area (Å²) in [6.07, 6.45) is 0. The second kappa shape index (κ2) is 5.41. The van der Waals surface area contributed by atoms with Crippen molar-refractivity contribution in [3.63, 3.8) is 0 Å². The number of nitro groups is 1. The van der Waals surface area contributed by atoms with Gasteiger partial charge in [0.2, 0.25) is 10.0 Å². The maximum atomic E-state index is 12.4. The van der Waals surface area contributed by atoms with Crippen LogP contribution in [-0.2, 0) is 14.8 Å². The zero-order valence-corrected chi connectivity index (χ0v) is 12.0. The quantitative estimate of drug-likeness (QED) is 0.652. The van der Waals surface area contributed by atoms with E-state index in [9.17, 15) is 23.3 Å². The summed E-state index contributed by atoms with van der Waals surface area (Å²) in [5, 5.41) is 19.8. The van der Waals surface area contributed by atoms with Gasteiger partial charge < -0.3 is 5.11 Å². The summed E-state index contributed by atoms with van der Waals surface area (Å²) >= 11 is 0. The molecule has 114 valence electrons. The van der Waals surface area contributed by atoms with E-state index in [0.717, 1.165) is 10.4 Å². The third kappa shape index (κ3) is 2.88. The SMILES string of the molecule is CC1CN(S(=O)(=O)c2cccc([N+](=O)[O-])c2)CC1C(=O)O. The highest BCUT2D eigenvalue weighted by atomic mass is 32.2. The number of carboxylic acids is 1. The van der Waals surface area contributed by atoms with Crippen LogP contribution in [0.15, 0.2) is 29.2 Å². The minimum atomic E-state index is -3.93. The molecule has 0 spiro atoms. The molecular weight excluding hydrogens is 300 g/mol. The number of nitrogens with zero attached hydrogens (tertiary/aromatic N) is 2. The predicted octanol–water partition coefficient (Wildman–Crippen LogP) is 0.936. The fourth-order valence-electron chi connectivity index (χ4n) is 2.35. The van der Waals surface area contributed by atoms with Gasteiger partial charge in [-0.05, 0) is 12.0 Å². The molecule has 1 aromatic carbocycles. The van der Waals surface area contributed by atoms with Crippen molar-refractivity contribution in [1.82, 2.24) is 4.31 Å². The summed E-state index contributed by atoms with van der Waals surface area (Å²) in [6.45, 7) is 1.63. The molecule has 1 N–H and O–H groups in total. The van der Waals surface area contributed by atoms with Crippen molar-refractivity contribution in [2.75, 3.05) is 13.1 Å². The summed E-state index contributed by atoms with van der Waals surface area (Å²) < 4.78 is 25.9. The predicted molar refractivity (Wildman–Crippen MR) is 72.1 cm³/mol. The van der Waals surface area contributed by atoms with Crippen LogP contribution in [0.5, 0.6) is 0 Å². The van der Waals surface area contributed by atoms with Crippen LogP contribution in [-0.4, -0.2) is 41.8 Å². The van der Waals surface area contributed by atoms with Crippen molar-refractivity contribution in [3.05, 3.63) is 34.4 Å². The maximum absolute atomic E-state index is 12.4. The average Bonchev–Trinajstić information content (AvgIpc) is 2.82. The summed E-state index contributed by atoms with van der Waals surface area (Å²) in [7, 11) is -3.93. The molecule has 1 aromatic rings. The van der Waals surface area contributed by atoms with Gasteiger partial charge in [-0.25, -0.2) is 8.42 Å². The minimum absolute atomic E-state index is 0.0853. The number of nitro benzene ring substituents is 1. The lowest BCUT2D eigenvalue weighted by Crippen LogP contribution is -2.30. The summed E-state index contributed by atoms with van der Waals surface area (Å²) in [6, 6.07) is 4.74. The van der Waals surface area contributed by atoms with Crippen LogP contribution in [0.3, 0.4) is 0 Å². The first-order valence-corrected chi connectivity index (χ1v) is 7.65. The molecule has 21 heavy (non-hydrogen) atoms. The molecule has 0 aromatic heterocycles. The molecule has 1 saturated heterocycles. The first-order valence-electron chi connectivity index (χ1n) is 6.21. The Morgan fingerprint density at radius 3 is 2.62 bits per heavy atom. The topological polar surface area (TPSA) is 118 Å². The normalized spacial score (nSPS) is 23.1. The highest BCUT2D eigenvalue weighted by Crippen LogP contribution is 2.29. The number of hydrogen-bond acceptors (Lipinski definition) is 5. The van der Waals surface area contributed by atoms with Gasteiger partial charge in [-0.3, -0.25) is 14.9 Å². The molecular formula is C12H14N2O6S. The van der Waals surface area contributed by atoms with Crippen LogP contribution in [0.2, 0.25) is 0 Å². The fraction of sp³-hybridized carbons (Fsp3) is 0.417. The molecule has 2 unspecified atom stereocenters. The van der Waals surface area contributed by atoms with Crippen LogP contribution < -0.4 is 0 Å². The lowest BCUT2D eigenvalue weighted by molar-refractivity contribution is -0.385. The lowest BCUT2D eigenvalue weighted by atomic mass is 9.99. The Balaban J connectivity index is 2.33. The van der Waals surface area contributed by atoms with Gasteiger partial charge >= 0.3 is 5.97 Å². The van der Waals surface area contributed by atoms with Crippen molar-refractivity contribution in [1.29, 1.82) is 0 Å². The first kappa shape index (κ1) is 15.4. The third-order valence-electron chi connectivity index (χ3n) is 3.56. The van der Waals surface area contributed by atoms with Gasteiger partial charge in [0.05, 0.1) is 15.7 Å². The van der Waals surface area contributed by atoms with Crippen molar-refractivity contribution >= 4 is 21.7 Å². The fourth-order valence-corrected chi connectivity index (χ4v) is 3.95. The average molecular weight is 314 g/mol. The number of sulfonamides is 1. The van der Waals surface area contributed by atoms with Gasteiger partial charge in [-0.1, -0.05) is 13.0 Å². The molecule has 1 fully saturated rings. The van der Waals surface area contributed by atoms with E-state index in [-0.39, 0.29) is 29.6 Å². The second-order valence-corrected chi connectivity index (χ2v) is 6.94. The summed E-state index contributed by atoms with van der Waals surface area (Å²) in [5.41, 5.74) is -0.321. The number of non-ortho nitro benzene ring substituents is 1. The highest BCUT2D eigenvalue weighted by molar-refractivity contribution is 7.89. The number of hydrogen-bond donors (Lipinski definition) is 1. The van der Waals surface area contributed by atoms with Crippen molar-refractivity contribution in [2.24, 2.45) is 11.8 Å². The van der Waals surface area contributed by atoms with Crippen molar-refractivity contribution in [2.45, 2.75) is 11.8 Å². The Bertz CT molecular complexity index is 687. The smallest absolute Gasteiger partial charge is 0.308 e. The van der Waals surface area contributed by atoms with E-state index in [0.29, 0.717) is 0 Å². The van der Waals surface area contributed by atoms with E-state index in [4.69, 9.17) is 5.11 Å². The van der Waals surface area contributed by atoms with E-state index in [1.165, 1.54) is 18.2 Å². The maximum Gasteiger partial charge on any atom is 0.308 e. The molecule has 1 aliphatic rings. The molecule has 1 heterocycles. The third-order valence-corrected chi connectivity index (χ3v) is 5.39. The Labute approximate surface area is 121 Å². The van der Waals surface area contributed by atoms with Gasteiger partial charge in [-0.2, -0.15) is 4.31 Å². The molecule has 0 bridgehead atoms. The van der Waals surface area contributed by atoms with Crippen LogP contribution in [0.25, 0.3) is 0 Å². The number of rotatable bonds is 4. The Kier molecular flexibility index (Phi) is 3.97. The van der Waals surface area contributed by atoms with Gasteiger partial charge in [0, 0.05) is 25.2 Å². The molecule has 1 aliphatic heterocycles. The number of carboxylic acid groups (broad SMARTS) is 1. The Morgan fingerprint density at radius 2 is 2.10 bits per heavy atom. The largest absolute Gasteiger partial charge is 0.481 e. The molecule has 9 heteroatoms. The van der Waals surface area contributed by atoms with Crippen molar-refractivity contribution in [3.8, 4) is 0 Å². The van der Waals surface area contributed by atoms with Gasteiger partial charge in [0.25, 0.3) is 5.69 Å². The number of benzene rings is 1. The zero-order chi connectivity index (χ0) is 15.8. The van der Waals surface area contributed by atoms with Gasteiger partial charge in [0.15, 0.2) is 0 Å².